The van der Waals surface area contributed by atoms with Gasteiger partial charge in [-0.15, -0.1) is 0 Å². The first-order valence-corrected chi connectivity index (χ1v) is 10.4. The minimum absolute atomic E-state index is 0.129. The molecule has 6 heteroatoms. The van der Waals surface area contributed by atoms with Crippen molar-refractivity contribution in [1.82, 2.24) is 4.90 Å². The van der Waals surface area contributed by atoms with Crippen LogP contribution in [0.2, 0.25) is 0 Å². The lowest BCUT2D eigenvalue weighted by Crippen LogP contribution is -2.52. The van der Waals surface area contributed by atoms with Gasteiger partial charge in [0, 0.05) is 19.1 Å². The van der Waals surface area contributed by atoms with Gasteiger partial charge in [-0.2, -0.15) is 0 Å². The molecule has 0 aromatic heterocycles. The van der Waals surface area contributed by atoms with E-state index in [0.717, 1.165) is 12.8 Å². The molecule has 1 saturated carbocycles. The number of rotatable bonds is 7. The monoisotopic (exact) mass is 421 g/mol. The van der Waals surface area contributed by atoms with E-state index in [9.17, 15) is 9.90 Å². The molecule has 4 nitrogen and oxygen atoms in total. The molecule has 0 unspecified atom stereocenters. The number of carbonyl (C=O) groups is 1. The fraction of sp³-hybridized carbons (Fsp3) is 0.409. The van der Waals surface area contributed by atoms with E-state index in [1.54, 1.807) is 0 Å². The second kappa shape index (κ2) is 10.3. The van der Waals surface area contributed by atoms with Crippen molar-refractivity contribution in [2.24, 2.45) is 0 Å². The molecule has 28 heavy (non-hydrogen) atoms. The number of alkyl halides is 2. The zero-order valence-electron chi connectivity index (χ0n) is 15.6. The Labute approximate surface area is 176 Å². The van der Waals surface area contributed by atoms with Crippen LogP contribution in [0.1, 0.15) is 30.4 Å². The molecule has 0 radical (unpaired) electrons. The number of hydrogen-bond donors (Lipinski definition) is 1. The summed E-state index contributed by atoms with van der Waals surface area (Å²) in [6.45, 7) is 1.40. The van der Waals surface area contributed by atoms with Crippen LogP contribution in [0.3, 0.4) is 0 Å². The zero-order chi connectivity index (χ0) is 19.9. The summed E-state index contributed by atoms with van der Waals surface area (Å²) < 4.78 is 5.37. The summed E-state index contributed by atoms with van der Waals surface area (Å²) >= 11 is 11.2. The number of halogens is 2. The molecule has 1 aliphatic carbocycles. The standard InChI is InChI=1S/C22H25Cl2NO3/c23-21(24)22(27)28-19-13-7-12-18(20(19)26)25(14-16-8-3-1-4-9-16)15-17-10-5-2-6-11-17/h1-6,8-11,18-21,26H,7,12-15H2/t18-,19+,20+/m1/s1. The van der Waals surface area contributed by atoms with Gasteiger partial charge in [-0.1, -0.05) is 83.9 Å². The van der Waals surface area contributed by atoms with Crippen molar-refractivity contribution in [2.75, 3.05) is 0 Å². The van der Waals surface area contributed by atoms with Crippen molar-refractivity contribution in [2.45, 2.75) is 55.4 Å². The first-order chi connectivity index (χ1) is 13.5. The number of aliphatic hydroxyl groups excluding tert-OH is 1. The van der Waals surface area contributed by atoms with Gasteiger partial charge in [-0.05, 0) is 30.4 Å². The summed E-state index contributed by atoms with van der Waals surface area (Å²) in [5.41, 5.74) is 2.35. The molecule has 0 amide bonds. The molecule has 2 aromatic carbocycles. The fourth-order valence-electron chi connectivity index (χ4n) is 3.77. The molecule has 0 saturated heterocycles. The Balaban J connectivity index is 1.78. The van der Waals surface area contributed by atoms with Gasteiger partial charge >= 0.3 is 5.97 Å². The molecule has 0 aliphatic heterocycles. The zero-order valence-corrected chi connectivity index (χ0v) is 17.1. The number of nitrogens with zero attached hydrogens (tertiary/aromatic N) is 1. The highest BCUT2D eigenvalue weighted by Gasteiger charge is 2.38. The summed E-state index contributed by atoms with van der Waals surface area (Å²) in [7, 11) is 0. The van der Waals surface area contributed by atoms with Crippen molar-refractivity contribution in [3.63, 3.8) is 0 Å². The van der Waals surface area contributed by atoms with Crippen LogP contribution < -0.4 is 0 Å². The van der Waals surface area contributed by atoms with Gasteiger partial charge in [0.1, 0.15) is 12.2 Å². The maximum absolute atomic E-state index is 11.8. The largest absolute Gasteiger partial charge is 0.458 e. The van der Waals surface area contributed by atoms with Crippen molar-refractivity contribution < 1.29 is 14.6 Å². The van der Waals surface area contributed by atoms with Crippen LogP contribution in [0, 0.1) is 0 Å². The lowest BCUT2D eigenvalue weighted by Gasteiger charge is -2.41. The van der Waals surface area contributed by atoms with Gasteiger partial charge in [0.05, 0.1) is 0 Å². The molecular weight excluding hydrogens is 397 g/mol. The minimum atomic E-state index is -1.24. The summed E-state index contributed by atoms with van der Waals surface area (Å²) in [5.74, 6) is -0.703. The number of benzene rings is 2. The highest BCUT2D eigenvalue weighted by atomic mass is 35.5. The van der Waals surface area contributed by atoms with Crippen LogP contribution in [-0.2, 0) is 22.6 Å². The summed E-state index contributed by atoms with van der Waals surface area (Å²) in [6, 6.07) is 20.2. The topological polar surface area (TPSA) is 49.8 Å². The average Bonchev–Trinajstić information content (AvgIpc) is 2.70. The van der Waals surface area contributed by atoms with E-state index in [1.807, 2.05) is 36.4 Å². The number of carbonyl (C=O) groups excluding carboxylic acids is 1. The highest BCUT2D eigenvalue weighted by molar-refractivity contribution is 6.52. The normalized spacial score (nSPS) is 22.4. The van der Waals surface area contributed by atoms with Crippen LogP contribution >= 0.6 is 23.2 Å². The molecular formula is C22H25Cl2NO3. The van der Waals surface area contributed by atoms with E-state index >= 15 is 0 Å². The van der Waals surface area contributed by atoms with E-state index in [0.29, 0.717) is 19.5 Å². The quantitative estimate of drug-likeness (QED) is 0.534. The number of ether oxygens (including phenoxy) is 1. The molecule has 1 N–H and O–H groups in total. The second-order valence-corrected chi connectivity index (χ2v) is 8.24. The molecule has 0 spiro atoms. The van der Waals surface area contributed by atoms with Gasteiger partial charge in [0.25, 0.3) is 0 Å². The molecule has 1 aliphatic rings. The third-order valence-corrected chi connectivity index (χ3v) is 5.49. The molecule has 3 atom stereocenters. The van der Waals surface area contributed by atoms with Crippen LogP contribution in [0.25, 0.3) is 0 Å². The Morgan fingerprint density at radius 2 is 1.54 bits per heavy atom. The fourth-order valence-corrected chi connectivity index (χ4v) is 3.87. The lowest BCUT2D eigenvalue weighted by atomic mass is 9.88. The minimum Gasteiger partial charge on any atom is -0.458 e. The van der Waals surface area contributed by atoms with Gasteiger partial charge in [0.2, 0.25) is 4.84 Å². The van der Waals surface area contributed by atoms with E-state index in [2.05, 4.69) is 29.2 Å². The predicted molar refractivity (Wildman–Crippen MR) is 111 cm³/mol. The number of esters is 1. The molecule has 150 valence electrons. The van der Waals surface area contributed by atoms with Crippen LogP contribution in [0.5, 0.6) is 0 Å². The summed E-state index contributed by atoms with van der Waals surface area (Å²) in [4.78, 5) is 12.8. The predicted octanol–water partition coefficient (Wildman–Crippen LogP) is 4.32. The van der Waals surface area contributed by atoms with Gasteiger partial charge in [-0.3, -0.25) is 4.90 Å². The number of hydrogen-bond acceptors (Lipinski definition) is 4. The third-order valence-electron chi connectivity index (χ3n) is 5.14. The van der Waals surface area contributed by atoms with Crippen LogP contribution in [0.4, 0.5) is 0 Å². The Bertz CT molecular complexity index is 700. The Morgan fingerprint density at radius 3 is 2.04 bits per heavy atom. The Kier molecular flexibility index (Phi) is 7.74. The van der Waals surface area contributed by atoms with Crippen LogP contribution in [-0.4, -0.2) is 39.1 Å². The van der Waals surface area contributed by atoms with Crippen LogP contribution in [0.15, 0.2) is 60.7 Å². The SMILES string of the molecule is O=C(O[C@H]1CCC[C@@H](N(Cc2ccccc2)Cc2ccccc2)[C@@H]1O)C(Cl)Cl. The third kappa shape index (κ3) is 5.71. The second-order valence-electron chi connectivity index (χ2n) is 7.14. The van der Waals surface area contributed by atoms with Crippen molar-refractivity contribution in [3.05, 3.63) is 71.8 Å². The lowest BCUT2D eigenvalue weighted by molar-refractivity contribution is -0.160. The van der Waals surface area contributed by atoms with E-state index in [4.69, 9.17) is 27.9 Å². The molecule has 0 heterocycles. The van der Waals surface area contributed by atoms with E-state index in [1.165, 1.54) is 11.1 Å². The first-order valence-electron chi connectivity index (χ1n) is 9.53. The number of aliphatic hydroxyl groups is 1. The molecule has 1 fully saturated rings. The smallest absolute Gasteiger partial charge is 0.339 e. The van der Waals surface area contributed by atoms with Gasteiger partial charge in [-0.25, -0.2) is 4.79 Å². The van der Waals surface area contributed by atoms with Crippen molar-refractivity contribution in [3.8, 4) is 0 Å². The maximum atomic E-state index is 11.8. The average molecular weight is 422 g/mol. The molecule has 3 rings (SSSR count). The summed E-state index contributed by atoms with van der Waals surface area (Å²) in [6.07, 6.45) is 0.904. The van der Waals surface area contributed by atoms with Crippen molar-refractivity contribution >= 4 is 29.2 Å². The van der Waals surface area contributed by atoms with E-state index in [-0.39, 0.29) is 6.04 Å². The Hall–Kier alpha value is -1.59. The maximum Gasteiger partial charge on any atom is 0.339 e. The highest BCUT2D eigenvalue weighted by Crippen LogP contribution is 2.29. The van der Waals surface area contributed by atoms with Gasteiger partial charge in [0.15, 0.2) is 0 Å². The van der Waals surface area contributed by atoms with Gasteiger partial charge < -0.3 is 9.84 Å². The molecule has 0 bridgehead atoms. The van der Waals surface area contributed by atoms with Crippen molar-refractivity contribution in [1.29, 1.82) is 0 Å². The van der Waals surface area contributed by atoms with E-state index < -0.39 is 23.0 Å². The summed E-state index contributed by atoms with van der Waals surface area (Å²) in [5, 5.41) is 11.0. The Morgan fingerprint density at radius 1 is 1.00 bits per heavy atom. The molecule has 2 aromatic rings. The first kappa shape index (κ1) is 21.1.